The van der Waals surface area contributed by atoms with Crippen LogP contribution in [0.3, 0.4) is 0 Å². The third-order valence-electron chi connectivity index (χ3n) is 3.55. The molecule has 2 heterocycles. The highest BCUT2D eigenvalue weighted by Crippen LogP contribution is 2.33. The molecule has 1 amide bonds. The Kier molecular flexibility index (Phi) is 4.63. The number of carbonyl (C=O) groups excluding carboxylic acids is 1. The highest BCUT2D eigenvalue weighted by atomic mass is 32.2. The summed E-state index contributed by atoms with van der Waals surface area (Å²) in [6, 6.07) is 7.67. The van der Waals surface area contributed by atoms with E-state index in [0.717, 1.165) is 29.6 Å². The minimum Gasteiger partial charge on any atom is -0.489 e. The molecule has 2 aliphatic rings. The van der Waals surface area contributed by atoms with E-state index >= 15 is 0 Å². The molecule has 4 nitrogen and oxygen atoms in total. The summed E-state index contributed by atoms with van der Waals surface area (Å²) < 4.78 is 5.63. The topological polar surface area (TPSA) is 41.9 Å². The fourth-order valence-corrected chi connectivity index (χ4v) is 3.42. The van der Waals surface area contributed by atoms with Crippen LogP contribution in [-0.2, 0) is 4.79 Å². The second-order valence-corrected chi connectivity index (χ2v) is 6.15. The van der Waals surface area contributed by atoms with Crippen molar-refractivity contribution >= 4 is 28.9 Å². The second kappa shape index (κ2) is 6.83. The standard InChI is InChI=1S/C17H18N2O2S/c1-2-11-21-14-8-4-3-7-13(14)12-15-16(20)18-17(22-15)19-9-5-6-10-19/h2-4,7-8,12H,1,5-6,9-11H2. The number of hydrogen-bond acceptors (Lipinski definition) is 4. The number of benzene rings is 1. The van der Waals surface area contributed by atoms with Crippen LogP contribution in [0.15, 0.2) is 46.8 Å². The second-order valence-electron chi connectivity index (χ2n) is 5.14. The van der Waals surface area contributed by atoms with Crippen LogP contribution in [-0.4, -0.2) is 35.7 Å². The zero-order valence-electron chi connectivity index (χ0n) is 12.3. The van der Waals surface area contributed by atoms with Crippen molar-refractivity contribution in [2.45, 2.75) is 12.8 Å². The summed E-state index contributed by atoms with van der Waals surface area (Å²) in [5.41, 5.74) is 0.887. The van der Waals surface area contributed by atoms with Crippen molar-refractivity contribution in [2.75, 3.05) is 19.7 Å². The fourth-order valence-electron chi connectivity index (χ4n) is 2.46. The predicted octanol–water partition coefficient (Wildman–Crippen LogP) is 3.32. The van der Waals surface area contributed by atoms with Gasteiger partial charge in [-0.15, -0.1) is 0 Å². The molecule has 1 saturated heterocycles. The molecule has 0 unspecified atom stereocenters. The molecule has 0 N–H and O–H groups in total. The fraction of sp³-hybridized carbons (Fsp3) is 0.294. The zero-order chi connectivity index (χ0) is 15.4. The molecule has 114 valence electrons. The Hall–Kier alpha value is -2.01. The minimum atomic E-state index is -0.162. The van der Waals surface area contributed by atoms with E-state index in [1.165, 1.54) is 24.6 Å². The van der Waals surface area contributed by atoms with Crippen molar-refractivity contribution in [3.8, 4) is 5.75 Å². The Balaban J connectivity index is 1.78. The van der Waals surface area contributed by atoms with Crippen LogP contribution >= 0.6 is 11.8 Å². The summed E-state index contributed by atoms with van der Waals surface area (Å²) in [7, 11) is 0. The van der Waals surface area contributed by atoms with Gasteiger partial charge in [0.25, 0.3) is 5.91 Å². The van der Waals surface area contributed by atoms with Crippen LogP contribution in [0, 0.1) is 0 Å². The third-order valence-corrected chi connectivity index (χ3v) is 4.59. The van der Waals surface area contributed by atoms with Crippen LogP contribution in [0.1, 0.15) is 18.4 Å². The van der Waals surface area contributed by atoms with Crippen LogP contribution in [0.4, 0.5) is 0 Å². The average Bonchev–Trinajstić information content (AvgIpc) is 3.17. The molecule has 0 atom stereocenters. The summed E-state index contributed by atoms with van der Waals surface area (Å²) >= 11 is 1.46. The molecule has 1 aromatic carbocycles. The van der Waals surface area contributed by atoms with E-state index in [0.29, 0.717) is 11.5 Å². The van der Waals surface area contributed by atoms with Gasteiger partial charge in [-0.05, 0) is 36.7 Å². The molecule has 0 aromatic heterocycles. The van der Waals surface area contributed by atoms with E-state index in [9.17, 15) is 4.79 Å². The molecule has 2 aliphatic heterocycles. The Morgan fingerprint density at radius 3 is 2.86 bits per heavy atom. The number of amidine groups is 1. The minimum absolute atomic E-state index is 0.162. The first-order valence-electron chi connectivity index (χ1n) is 7.38. The smallest absolute Gasteiger partial charge is 0.286 e. The largest absolute Gasteiger partial charge is 0.489 e. The molecule has 1 fully saturated rings. The molecule has 0 saturated carbocycles. The van der Waals surface area contributed by atoms with Gasteiger partial charge >= 0.3 is 0 Å². The third kappa shape index (κ3) is 3.25. The number of ether oxygens (including phenoxy) is 1. The number of para-hydroxylation sites is 1. The normalized spacial score (nSPS) is 19.6. The number of thioether (sulfide) groups is 1. The SMILES string of the molecule is C=CCOc1ccccc1C=C1SC(N2CCCC2)=NC1=O. The van der Waals surface area contributed by atoms with E-state index in [4.69, 9.17) is 4.74 Å². The molecular weight excluding hydrogens is 296 g/mol. The molecule has 0 bridgehead atoms. The van der Waals surface area contributed by atoms with E-state index in [1.807, 2.05) is 30.3 Å². The molecule has 5 heteroatoms. The molecule has 0 spiro atoms. The first-order chi connectivity index (χ1) is 10.8. The Labute approximate surface area is 134 Å². The monoisotopic (exact) mass is 314 g/mol. The van der Waals surface area contributed by atoms with Gasteiger partial charge in [0, 0.05) is 18.7 Å². The number of nitrogens with zero attached hydrogens (tertiary/aromatic N) is 2. The maximum atomic E-state index is 12.1. The number of amides is 1. The van der Waals surface area contributed by atoms with E-state index in [-0.39, 0.29) is 5.91 Å². The summed E-state index contributed by atoms with van der Waals surface area (Å²) in [6.07, 6.45) is 5.90. The van der Waals surface area contributed by atoms with E-state index in [1.54, 1.807) is 6.08 Å². The van der Waals surface area contributed by atoms with Crippen molar-refractivity contribution < 1.29 is 9.53 Å². The highest BCUT2D eigenvalue weighted by molar-refractivity contribution is 8.18. The lowest BCUT2D eigenvalue weighted by atomic mass is 10.2. The lowest BCUT2D eigenvalue weighted by molar-refractivity contribution is -0.113. The van der Waals surface area contributed by atoms with Crippen LogP contribution < -0.4 is 4.74 Å². The van der Waals surface area contributed by atoms with Gasteiger partial charge < -0.3 is 9.64 Å². The van der Waals surface area contributed by atoms with Crippen molar-refractivity contribution in [1.29, 1.82) is 0 Å². The number of likely N-dealkylation sites (tertiary alicyclic amines) is 1. The molecule has 1 aromatic rings. The Morgan fingerprint density at radius 2 is 2.09 bits per heavy atom. The van der Waals surface area contributed by atoms with Gasteiger partial charge in [0.1, 0.15) is 12.4 Å². The molecule has 0 radical (unpaired) electrons. The maximum Gasteiger partial charge on any atom is 0.286 e. The first kappa shape index (κ1) is 14.9. The highest BCUT2D eigenvalue weighted by Gasteiger charge is 2.27. The number of aliphatic imine (C=N–C) groups is 1. The summed E-state index contributed by atoms with van der Waals surface area (Å²) in [4.78, 5) is 19.1. The van der Waals surface area contributed by atoms with E-state index in [2.05, 4.69) is 16.5 Å². The van der Waals surface area contributed by atoms with Gasteiger partial charge in [-0.3, -0.25) is 4.79 Å². The first-order valence-corrected chi connectivity index (χ1v) is 8.20. The molecule has 0 aliphatic carbocycles. The van der Waals surface area contributed by atoms with Gasteiger partial charge in [-0.1, -0.05) is 30.9 Å². The Bertz CT molecular complexity index is 646. The van der Waals surface area contributed by atoms with Crippen LogP contribution in [0.5, 0.6) is 5.75 Å². The lowest BCUT2D eigenvalue weighted by Gasteiger charge is -2.14. The van der Waals surface area contributed by atoms with Crippen molar-refractivity contribution in [2.24, 2.45) is 4.99 Å². The number of rotatable bonds is 4. The number of carbonyl (C=O) groups is 1. The van der Waals surface area contributed by atoms with Gasteiger partial charge in [0.2, 0.25) is 0 Å². The molecule has 3 rings (SSSR count). The quantitative estimate of drug-likeness (QED) is 0.631. The summed E-state index contributed by atoms with van der Waals surface area (Å²) in [5, 5.41) is 0.832. The van der Waals surface area contributed by atoms with Gasteiger partial charge in [-0.25, -0.2) is 0 Å². The van der Waals surface area contributed by atoms with Gasteiger partial charge in [-0.2, -0.15) is 4.99 Å². The van der Waals surface area contributed by atoms with Gasteiger partial charge in [0.05, 0.1) is 4.91 Å². The maximum absolute atomic E-state index is 12.1. The van der Waals surface area contributed by atoms with Crippen LogP contribution in [0.2, 0.25) is 0 Å². The average molecular weight is 314 g/mol. The molecular formula is C17H18N2O2S. The summed E-state index contributed by atoms with van der Waals surface area (Å²) in [5.74, 6) is 0.586. The molecule has 22 heavy (non-hydrogen) atoms. The van der Waals surface area contributed by atoms with Crippen LogP contribution in [0.25, 0.3) is 6.08 Å². The Morgan fingerprint density at radius 1 is 1.32 bits per heavy atom. The summed E-state index contributed by atoms with van der Waals surface area (Å²) in [6.45, 7) is 6.08. The van der Waals surface area contributed by atoms with Crippen molar-refractivity contribution in [3.63, 3.8) is 0 Å². The zero-order valence-corrected chi connectivity index (χ0v) is 13.1. The predicted molar refractivity (Wildman–Crippen MR) is 91.0 cm³/mol. The van der Waals surface area contributed by atoms with Gasteiger partial charge in [0.15, 0.2) is 5.17 Å². The van der Waals surface area contributed by atoms with Crippen molar-refractivity contribution in [3.05, 3.63) is 47.4 Å². The lowest BCUT2D eigenvalue weighted by Crippen LogP contribution is -2.23. The number of hydrogen-bond donors (Lipinski definition) is 0. The van der Waals surface area contributed by atoms with Crippen molar-refractivity contribution in [1.82, 2.24) is 4.90 Å². The van der Waals surface area contributed by atoms with E-state index < -0.39 is 0 Å².